The number of thiophene rings is 1. The number of hydrogen-bond donors (Lipinski definition) is 3. The summed E-state index contributed by atoms with van der Waals surface area (Å²) in [6.45, 7) is 0. The van der Waals surface area contributed by atoms with Crippen LogP contribution in [0.1, 0.15) is 9.67 Å². The van der Waals surface area contributed by atoms with Crippen molar-refractivity contribution in [3.63, 3.8) is 0 Å². The van der Waals surface area contributed by atoms with E-state index in [1.807, 2.05) is 30.3 Å². The van der Waals surface area contributed by atoms with Crippen molar-refractivity contribution < 1.29 is 4.79 Å². The molecular formula is C10H9N3OS2. The molecule has 0 radical (unpaired) electrons. The van der Waals surface area contributed by atoms with Crippen LogP contribution in [0.5, 0.6) is 0 Å². The molecule has 1 amide bonds. The second kappa shape index (κ2) is 4.46. The highest BCUT2D eigenvalue weighted by atomic mass is 32.1. The highest BCUT2D eigenvalue weighted by molar-refractivity contribution is 7.80. The molecule has 0 fully saturated rings. The van der Waals surface area contributed by atoms with Crippen molar-refractivity contribution in [3.8, 4) is 0 Å². The van der Waals surface area contributed by atoms with Crippen LogP contribution in [0.25, 0.3) is 10.1 Å². The molecule has 0 aliphatic rings. The summed E-state index contributed by atoms with van der Waals surface area (Å²) in [4.78, 5) is 12.3. The fourth-order valence-electron chi connectivity index (χ4n) is 1.27. The summed E-state index contributed by atoms with van der Waals surface area (Å²) in [5.74, 6) is -0.242. The Bertz CT molecular complexity index is 517. The van der Waals surface area contributed by atoms with Crippen molar-refractivity contribution in [2.75, 3.05) is 0 Å². The molecule has 1 aromatic carbocycles. The number of fused-ring (bicyclic) bond motifs is 1. The summed E-state index contributed by atoms with van der Waals surface area (Å²) >= 11 is 6.00. The summed E-state index contributed by atoms with van der Waals surface area (Å²) in [6.07, 6.45) is 0. The van der Waals surface area contributed by atoms with Crippen LogP contribution in [0.4, 0.5) is 0 Å². The van der Waals surface area contributed by atoms with Gasteiger partial charge in [0.25, 0.3) is 5.91 Å². The lowest BCUT2D eigenvalue weighted by molar-refractivity contribution is 0.0948. The SMILES string of the molecule is NC(=S)NNC(=O)c1cc2ccccc2s1. The Morgan fingerprint density at radius 1 is 1.31 bits per heavy atom. The van der Waals surface area contributed by atoms with E-state index in [0.29, 0.717) is 4.88 Å². The fourth-order valence-corrected chi connectivity index (χ4v) is 2.28. The van der Waals surface area contributed by atoms with E-state index in [4.69, 9.17) is 5.73 Å². The molecule has 1 aromatic heterocycles. The molecule has 4 nitrogen and oxygen atoms in total. The van der Waals surface area contributed by atoms with Crippen molar-refractivity contribution in [2.45, 2.75) is 0 Å². The van der Waals surface area contributed by atoms with E-state index in [1.54, 1.807) is 0 Å². The second-order valence-electron chi connectivity index (χ2n) is 3.09. The number of hydrogen-bond acceptors (Lipinski definition) is 3. The van der Waals surface area contributed by atoms with Crippen molar-refractivity contribution in [3.05, 3.63) is 35.2 Å². The van der Waals surface area contributed by atoms with E-state index in [9.17, 15) is 4.79 Å². The Balaban J connectivity index is 2.20. The van der Waals surface area contributed by atoms with Crippen LogP contribution in [0.2, 0.25) is 0 Å². The lowest BCUT2D eigenvalue weighted by atomic mass is 10.2. The van der Waals surface area contributed by atoms with Gasteiger partial charge in [-0.2, -0.15) is 0 Å². The Labute approximate surface area is 101 Å². The van der Waals surface area contributed by atoms with E-state index < -0.39 is 0 Å². The van der Waals surface area contributed by atoms with Crippen LogP contribution in [0.3, 0.4) is 0 Å². The van der Waals surface area contributed by atoms with Crippen molar-refractivity contribution in [2.24, 2.45) is 5.73 Å². The molecule has 2 aromatic rings. The molecule has 0 aliphatic heterocycles. The van der Waals surface area contributed by atoms with E-state index >= 15 is 0 Å². The van der Waals surface area contributed by atoms with E-state index in [2.05, 4.69) is 23.1 Å². The quantitative estimate of drug-likeness (QED) is 0.529. The molecule has 1 heterocycles. The first-order valence-electron chi connectivity index (χ1n) is 4.51. The highest BCUT2D eigenvalue weighted by Gasteiger charge is 2.09. The number of benzene rings is 1. The minimum absolute atomic E-state index is 0.0365. The number of thiocarbonyl (C=S) groups is 1. The first-order valence-corrected chi connectivity index (χ1v) is 5.73. The molecule has 0 saturated carbocycles. The predicted octanol–water partition coefficient (Wildman–Crippen LogP) is 1.38. The van der Waals surface area contributed by atoms with Gasteiger partial charge in [0, 0.05) is 4.70 Å². The van der Waals surface area contributed by atoms with Gasteiger partial charge < -0.3 is 5.73 Å². The van der Waals surface area contributed by atoms with Gasteiger partial charge in [-0.3, -0.25) is 15.6 Å². The van der Waals surface area contributed by atoms with Crippen LogP contribution in [0.15, 0.2) is 30.3 Å². The van der Waals surface area contributed by atoms with Crippen LogP contribution in [-0.4, -0.2) is 11.0 Å². The fraction of sp³-hybridized carbons (Fsp3) is 0. The van der Waals surface area contributed by atoms with Crippen molar-refractivity contribution >= 4 is 44.7 Å². The number of amides is 1. The number of nitrogens with one attached hydrogen (secondary N) is 2. The van der Waals surface area contributed by atoms with Gasteiger partial charge in [-0.25, -0.2) is 0 Å². The number of carbonyl (C=O) groups is 1. The van der Waals surface area contributed by atoms with Gasteiger partial charge >= 0.3 is 0 Å². The van der Waals surface area contributed by atoms with E-state index in [0.717, 1.165) is 10.1 Å². The van der Waals surface area contributed by atoms with E-state index in [-0.39, 0.29) is 11.0 Å². The Hall–Kier alpha value is -1.66. The third-order valence-electron chi connectivity index (χ3n) is 1.95. The molecule has 0 atom stereocenters. The zero-order valence-electron chi connectivity index (χ0n) is 8.19. The molecule has 16 heavy (non-hydrogen) atoms. The Morgan fingerprint density at radius 2 is 2.06 bits per heavy atom. The summed E-state index contributed by atoms with van der Waals surface area (Å²) in [6, 6.07) is 9.63. The number of nitrogens with two attached hydrogens (primary N) is 1. The maximum atomic E-state index is 11.6. The summed E-state index contributed by atoms with van der Waals surface area (Å²) in [5.41, 5.74) is 10.0. The zero-order valence-corrected chi connectivity index (χ0v) is 9.82. The highest BCUT2D eigenvalue weighted by Crippen LogP contribution is 2.24. The van der Waals surface area contributed by atoms with Crippen LogP contribution in [0, 0.1) is 0 Å². The first-order chi connectivity index (χ1) is 7.66. The summed E-state index contributed by atoms with van der Waals surface area (Å²) in [5, 5.41) is 1.09. The van der Waals surface area contributed by atoms with Crippen LogP contribution < -0.4 is 16.6 Å². The average Bonchev–Trinajstić information content (AvgIpc) is 2.69. The molecule has 0 unspecified atom stereocenters. The monoisotopic (exact) mass is 251 g/mol. The van der Waals surface area contributed by atoms with Gasteiger partial charge in [0.1, 0.15) is 0 Å². The normalized spacial score (nSPS) is 10.0. The molecule has 0 aliphatic carbocycles. The molecule has 0 spiro atoms. The molecule has 0 saturated heterocycles. The number of carbonyl (C=O) groups excluding carboxylic acids is 1. The first kappa shape index (κ1) is 10.8. The summed E-state index contributed by atoms with van der Waals surface area (Å²) < 4.78 is 1.07. The van der Waals surface area contributed by atoms with Crippen LogP contribution >= 0.6 is 23.6 Å². The van der Waals surface area contributed by atoms with Gasteiger partial charge in [-0.1, -0.05) is 18.2 Å². The van der Waals surface area contributed by atoms with Crippen molar-refractivity contribution in [1.29, 1.82) is 0 Å². The number of hydrazine groups is 1. The Morgan fingerprint density at radius 3 is 2.75 bits per heavy atom. The van der Waals surface area contributed by atoms with Gasteiger partial charge in [0.05, 0.1) is 4.88 Å². The number of rotatable bonds is 1. The zero-order chi connectivity index (χ0) is 11.5. The standard InChI is InChI=1S/C10H9N3OS2/c11-10(15)13-12-9(14)8-5-6-3-1-2-4-7(6)16-8/h1-5H,(H,12,14)(H3,11,13,15). The van der Waals surface area contributed by atoms with Gasteiger partial charge in [0.2, 0.25) is 0 Å². The smallest absolute Gasteiger partial charge is 0.279 e. The average molecular weight is 251 g/mol. The summed E-state index contributed by atoms with van der Waals surface area (Å²) in [7, 11) is 0. The van der Waals surface area contributed by atoms with Gasteiger partial charge in [0.15, 0.2) is 5.11 Å². The largest absolute Gasteiger partial charge is 0.375 e. The second-order valence-corrected chi connectivity index (χ2v) is 4.62. The minimum atomic E-state index is -0.242. The molecule has 0 bridgehead atoms. The minimum Gasteiger partial charge on any atom is -0.375 e. The molecule has 6 heteroatoms. The predicted molar refractivity (Wildman–Crippen MR) is 69.2 cm³/mol. The topological polar surface area (TPSA) is 67.2 Å². The third kappa shape index (κ3) is 2.29. The molecule has 4 N–H and O–H groups in total. The van der Waals surface area contributed by atoms with Crippen molar-refractivity contribution in [1.82, 2.24) is 10.9 Å². The van der Waals surface area contributed by atoms with E-state index in [1.165, 1.54) is 11.3 Å². The Kier molecular flexibility index (Phi) is 3.02. The molecular weight excluding hydrogens is 242 g/mol. The maximum Gasteiger partial charge on any atom is 0.279 e. The molecule has 82 valence electrons. The third-order valence-corrected chi connectivity index (χ3v) is 3.17. The molecule has 2 rings (SSSR count). The lowest BCUT2D eigenvalue weighted by Gasteiger charge is -2.03. The van der Waals surface area contributed by atoms with Crippen LogP contribution in [-0.2, 0) is 0 Å². The van der Waals surface area contributed by atoms with Gasteiger partial charge in [-0.15, -0.1) is 11.3 Å². The van der Waals surface area contributed by atoms with Gasteiger partial charge in [-0.05, 0) is 29.7 Å². The maximum absolute atomic E-state index is 11.6. The lowest BCUT2D eigenvalue weighted by Crippen LogP contribution is -2.44.